The van der Waals surface area contributed by atoms with E-state index in [-0.39, 0.29) is 19.0 Å². The second-order valence-electron chi connectivity index (χ2n) is 5.91. The maximum Gasteiger partial charge on any atom is 0.317 e. The maximum atomic E-state index is 12.3. The standard InChI is InChI=1S/C14H24N2O3/c1-15(10-14(18)19)9-13(17)16-8-4-6-11-5-2-3-7-12(11)16/h11-12H,2-10H2,1H3,(H,18,19)/t11-,12+/m1/s1. The van der Waals surface area contributed by atoms with Crippen LogP contribution in [0.4, 0.5) is 0 Å². The van der Waals surface area contributed by atoms with E-state index in [4.69, 9.17) is 5.11 Å². The lowest BCUT2D eigenvalue weighted by atomic mass is 9.78. The third-order valence-electron chi connectivity index (χ3n) is 4.37. The van der Waals surface area contributed by atoms with Crippen molar-refractivity contribution in [1.82, 2.24) is 9.80 Å². The molecule has 0 aromatic rings. The lowest BCUT2D eigenvalue weighted by molar-refractivity contribution is -0.141. The van der Waals surface area contributed by atoms with Gasteiger partial charge in [0.25, 0.3) is 0 Å². The third-order valence-corrected chi connectivity index (χ3v) is 4.37. The number of aliphatic carboxylic acids is 1. The zero-order valence-corrected chi connectivity index (χ0v) is 11.7. The maximum absolute atomic E-state index is 12.3. The third kappa shape index (κ3) is 3.69. The van der Waals surface area contributed by atoms with Crippen molar-refractivity contribution in [1.29, 1.82) is 0 Å². The van der Waals surface area contributed by atoms with E-state index >= 15 is 0 Å². The molecule has 108 valence electrons. The average molecular weight is 268 g/mol. The molecule has 19 heavy (non-hydrogen) atoms. The topological polar surface area (TPSA) is 60.9 Å². The quantitative estimate of drug-likeness (QED) is 0.832. The molecule has 1 saturated carbocycles. The molecule has 1 aliphatic carbocycles. The monoisotopic (exact) mass is 268 g/mol. The van der Waals surface area contributed by atoms with Crippen molar-refractivity contribution in [3.05, 3.63) is 0 Å². The zero-order valence-electron chi connectivity index (χ0n) is 11.7. The summed E-state index contributed by atoms with van der Waals surface area (Å²) in [5, 5.41) is 8.73. The van der Waals surface area contributed by atoms with Crippen LogP contribution < -0.4 is 0 Å². The molecular formula is C14H24N2O3. The van der Waals surface area contributed by atoms with Gasteiger partial charge >= 0.3 is 5.97 Å². The summed E-state index contributed by atoms with van der Waals surface area (Å²) in [7, 11) is 1.69. The zero-order chi connectivity index (χ0) is 13.8. The minimum Gasteiger partial charge on any atom is -0.480 e. The molecule has 0 aromatic carbocycles. The molecule has 2 rings (SSSR count). The molecule has 2 atom stereocenters. The van der Waals surface area contributed by atoms with Gasteiger partial charge in [-0.15, -0.1) is 0 Å². The van der Waals surface area contributed by atoms with Crippen molar-refractivity contribution >= 4 is 11.9 Å². The smallest absolute Gasteiger partial charge is 0.317 e. The molecule has 0 radical (unpaired) electrons. The van der Waals surface area contributed by atoms with Gasteiger partial charge in [0.05, 0.1) is 13.1 Å². The SMILES string of the molecule is CN(CC(=O)O)CC(=O)N1CCC[C@H]2CCCC[C@@H]21. The largest absolute Gasteiger partial charge is 0.480 e. The van der Waals surface area contributed by atoms with Crippen LogP contribution in [0.1, 0.15) is 38.5 Å². The summed E-state index contributed by atoms with van der Waals surface area (Å²) < 4.78 is 0. The summed E-state index contributed by atoms with van der Waals surface area (Å²) in [5.74, 6) is -0.110. The molecular weight excluding hydrogens is 244 g/mol. The molecule has 1 amide bonds. The van der Waals surface area contributed by atoms with E-state index in [0.717, 1.165) is 19.4 Å². The van der Waals surface area contributed by atoms with Gasteiger partial charge in [0, 0.05) is 12.6 Å². The van der Waals surface area contributed by atoms with Crippen molar-refractivity contribution in [2.24, 2.45) is 5.92 Å². The van der Waals surface area contributed by atoms with Crippen molar-refractivity contribution in [2.45, 2.75) is 44.6 Å². The number of carbonyl (C=O) groups excluding carboxylic acids is 1. The Balaban J connectivity index is 1.91. The number of hydrogen-bond acceptors (Lipinski definition) is 3. The van der Waals surface area contributed by atoms with E-state index in [1.54, 1.807) is 11.9 Å². The highest BCUT2D eigenvalue weighted by Crippen LogP contribution is 2.35. The molecule has 1 saturated heterocycles. The van der Waals surface area contributed by atoms with Gasteiger partial charge in [-0.05, 0) is 38.6 Å². The van der Waals surface area contributed by atoms with Crippen molar-refractivity contribution in [3.8, 4) is 0 Å². The Kier molecular flexibility index (Phi) is 4.80. The fourth-order valence-electron chi connectivity index (χ4n) is 3.54. The molecule has 0 bridgehead atoms. The van der Waals surface area contributed by atoms with Gasteiger partial charge in [-0.25, -0.2) is 0 Å². The van der Waals surface area contributed by atoms with Crippen LogP contribution in [0.2, 0.25) is 0 Å². The summed E-state index contributed by atoms with van der Waals surface area (Å²) in [4.78, 5) is 26.6. The highest BCUT2D eigenvalue weighted by atomic mass is 16.4. The molecule has 1 N–H and O–H groups in total. The Bertz CT molecular complexity index is 344. The van der Waals surface area contributed by atoms with Crippen LogP contribution in [0.3, 0.4) is 0 Å². The van der Waals surface area contributed by atoms with Crippen LogP contribution in [-0.4, -0.2) is 59.5 Å². The minimum absolute atomic E-state index is 0.0757. The average Bonchev–Trinajstić information content (AvgIpc) is 2.36. The fourth-order valence-corrected chi connectivity index (χ4v) is 3.54. The van der Waals surface area contributed by atoms with E-state index in [1.165, 1.54) is 25.7 Å². The number of carbonyl (C=O) groups is 2. The van der Waals surface area contributed by atoms with Gasteiger partial charge in [-0.2, -0.15) is 0 Å². The van der Waals surface area contributed by atoms with Crippen LogP contribution in [0.25, 0.3) is 0 Å². The van der Waals surface area contributed by atoms with Gasteiger partial charge in [0.1, 0.15) is 0 Å². The second-order valence-corrected chi connectivity index (χ2v) is 5.91. The van der Waals surface area contributed by atoms with Crippen molar-refractivity contribution < 1.29 is 14.7 Å². The summed E-state index contributed by atoms with van der Waals surface area (Å²) in [6.07, 6.45) is 7.23. The highest BCUT2D eigenvalue weighted by Gasteiger charge is 2.35. The van der Waals surface area contributed by atoms with Gasteiger partial charge in [0.2, 0.25) is 5.91 Å². The van der Waals surface area contributed by atoms with Crippen LogP contribution in [0.5, 0.6) is 0 Å². The number of likely N-dealkylation sites (N-methyl/N-ethyl adjacent to an activating group) is 1. The minimum atomic E-state index is -0.885. The van der Waals surface area contributed by atoms with E-state index in [2.05, 4.69) is 0 Å². The summed E-state index contributed by atoms with van der Waals surface area (Å²) in [6.45, 7) is 0.990. The molecule has 1 aliphatic heterocycles. The Morgan fingerprint density at radius 2 is 1.84 bits per heavy atom. The molecule has 5 heteroatoms. The number of rotatable bonds is 4. The summed E-state index contributed by atoms with van der Waals surface area (Å²) in [6, 6.07) is 0.410. The summed E-state index contributed by atoms with van der Waals surface area (Å²) >= 11 is 0. The normalized spacial score (nSPS) is 27.2. The van der Waals surface area contributed by atoms with Gasteiger partial charge in [-0.3, -0.25) is 14.5 Å². The first kappa shape index (κ1) is 14.3. The molecule has 5 nitrogen and oxygen atoms in total. The van der Waals surface area contributed by atoms with E-state index in [0.29, 0.717) is 12.0 Å². The number of likely N-dealkylation sites (tertiary alicyclic amines) is 1. The first-order chi connectivity index (χ1) is 9.08. The highest BCUT2D eigenvalue weighted by molar-refractivity contribution is 5.79. The fraction of sp³-hybridized carbons (Fsp3) is 0.857. The number of piperidine rings is 1. The van der Waals surface area contributed by atoms with Crippen LogP contribution in [0.15, 0.2) is 0 Å². The van der Waals surface area contributed by atoms with Crippen LogP contribution >= 0.6 is 0 Å². The number of fused-ring (bicyclic) bond motifs is 1. The molecule has 2 aliphatic rings. The number of carboxylic acid groups (broad SMARTS) is 1. The number of nitrogens with zero attached hydrogens (tertiary/aromatic N) is 2. The van der Waals surface area contributed by atoms with Crippen LogP contribution in [0, 0.1) is 5.92 Å². The Hall–Kier alpha value is -1.10. The number of carboxylic acids is 1. The Morgan fingerprint density at radius 3 is 2.58 bits per heavy atom. The van der Waals surface area contributed by atoms with Gasteiger partial charge in [0.15, 0.2) is 0 Å². The molecule has 0 unspecified atom stereocenters. The molecule has 0 aromatic heterocycles. The van der Waals surface area contributed by atoms with E-state index < -0.39 is 5.97 Å². The lowest BCUT2D eigenvalue weighted by Gasteiger charge is -2.44. The first-order valence-corrected chi connectivity index (χ1v) is 7.27. The Morgan fingerprint density at radius 1 is 1.16 bits per heavy atom. The molecule has 1 heterocycles. The number of amides is 1. The first-order valence-electron chi connectivity index (χ1n) is 7.27. The predicted octanol–water partition coefficient (Wildman–Crippen LogP) is 1.18. The molecule has 2 fully saturated rings. The summed E-state index contributed by atoms with van der Waals surface area (Å²) in [5.41, 5.74) is 0. The van der Waals surface area contributed by atoms with E-state index in [1.807, 2.05) is 4.90 Å². The van der Waals surface area contributed by atoms with Crippen LogP contribution in [-0.2, 0) is 9.59 Å². The lowest BCUT2D eigenvalue weighted by Crippen LogP contribution is -2.52. The number of hydrogen-bond donors (Lipinski definition) is 1. The molecule has 0 spiro atoms. The van der Waals surface area contributed by atoms with Gasteiger partial charge in [-0.1, -0.05) is 12.8 Å². The van der Waals surface area contributed by atoms with Gasteiger partial charge < -0.3 is 10.0 Å². The van der Waals surface area contributed by atoms with Crippen molar-refractivity contribution in [2.75, 3.05) is 26.7 Å². The Labute approximate surface area is 114 Å². The second kappa shape index (κ2) is 6.37. The van der Waals surface area contributed by atoms with Crippen molar-refractivity contribution in [3.63, 3.8) is 0 Å². The van der Waals surface area contributed by atoms with E-state index in [9.17, 15) is 9.59 Å². The predicted molar refractivity (Wildman–Crippen MR) is 71.8 cm³/mol.